The number of nitrogens with zero attached hydrogens (tertiary/aromatic N) is 1. The van der Waals surface area contributed by atoms with Gasteiger partial charge in [-0.25, -0.2) is 16.8 Å². The zero-order chi connectivity index (χ0) is 16.5. The molecule has 0 saturated carbocycles. The highest BCUT2D eigenvalue weighted by atomic mass is 79.9. The van der Waals surface area contributed by atoms with E-state index in [4.69, 9.17) is 0 Å². The van der Waals surface area contributed by atoms with Crippen LogP contribution in [0.3, 0.4) is 0 Å². The second-order valence-electron chi connectivity index (χ2n) is 5.96. The number of sulfonamides is 1. The first-order valence-corrected chi connectivity index (χ1v) is 11.2. The first-order chi connectivity index (χ1) is 10.1. The SMILES string of the molecule is CC(C)CN([C@@H]1CCS(=O)(=O)C1)S(=O)(=O)c1ccccc1Br. The third-order valence-electron chi connectivity index (χ3n) is 3.58. The fraction of sp³-hybridized carbons (Fsp3) is 0.571. The van der Waals surface area contributed by atoms with Gasteiger partial charge in [0.25, 0.3) is 0 Å². The molecule has 1 aromatic rings. The van der Waals surface area contributed by atoms with Gasteiger partial charge in [0.15, 0.2) is 9.84 Å². The molecule has 1 fully saturated rings. The molecule has 0 amide bonds. The van der Waals surface area contributed by atoms with E-state index in [2.05, 4.69) is 15.9 Å². The minimum absolute atomic E-state index is 0.0533. The van der Waals surface area contributed by atoms with Gasteiger partial charge in [-0.1, -0.05) is 26.0 Å². The Bertz CT molecular complexity index is 744. The summed E-state index contributed by atoms with van der Waals surface area (Å²) in [5.74, 6) is 0.0711. The van der Waals surface area contributed by atoms with Crippen LogP contribution in [0.4, 0.5) is 0 Å². The van der Waals surface area contributed by atoms with E-state index in [0.29, 0.717) is 17.4 Å². The van der Waals surface area contributed by atoms with E-state index >= 15 is 0 Å². The number of halogens is 1. The maximum absolute atomic E-state index is 13.0. The van der Waals surface area contributed by atoms with E-state index in [1.807, 2.05) is 13.8 Å². The first kappa shape index (κ1) is 17.9. The highest BCUT2D eigenvalue weighted by molar-refractivity contribution is 9.10. The molecule has 5 nitrogen and oxygen atoms in total. The molecule has 0 aromatic heterocycles. The van der Waals surface area contributed by atoms with Gasteiger partial charge >= 0.3 is 0 Å². The maximum Gasteiger partial charge on any atom is 0.244 e. The molecular weight excluding hydrogens is 390 g/mol. The van der Waals surface area contributed by atoms with Gasteiger partial charge in [0, 0.05) is 17.1 Å². The lowest BCUT2D eigenvalue weighted by Crippen LogP contribution is -2.43. The minimum atomic E-state index is -3.74. The number of sulfone groups is 1. The van der Waals surface area contributed by atoms with Crippen molar-refractivity contribution in [3.63, 3.8) is 0 Å². The third-order valence-corrected chi connectivity index (χ3v) is 8.26. The quantitative estimate of drug-likeness (QED) is 0.747. The number of hydrogen-bond acceptors (Lipinski definition) is 4. The minimum Gasteiger partial charge on any atom is -0.229 e. The van der Waals surface area contributed by atoms with Gasteiger partial charge in [0.1, 0.15) is 0 Å². The predicted molar refractivity (Wildman–Crippen MR) is 89.9 cm³/mol. The number of benzene rings is 1. The summed E-state index contributed by atoms with van der Waals surface area (Å²) in [5, 5.41) is 0. The molecular formula is C14H20BrNO4S2. The Hall–Kier alpha value is -0.440. The summed E-state index contributed by atoms with van der Waals surface area (Å²) >= 11 is 3.27. The second kappa shape index (κ2) is 6.59. The Morgan fingerprint density at radius 3 is 2.45 bits per heavy atom. The van der Waals surface area contributed by atoms with Gasteiger partial charge in [-0.2, -0.15) is 4.31 Å². The van der Waals surface area contributed by atoms with Crippen molar-refractivity contribution < 1.29 is 16.8 Å². The molecule has 1 aliphatic rings. The molecule has 0 unspecified atom stereocenters. The van der Waals surface area contributed by atoms with Crippen LogP contribution in [0.5, 0.6) is 0 Å². The fourth-order valence-corrected chi connectivity index (χ4v) is 7.19. The molecule has 2 rings (SSSR count). The normalized spacial score (nSPS) is 21.6. The number of rotatable bonds is 5. The fourth-order valence-electron chi connectivity index (χ4n) is 2.59. The summed E-state index contributed by atoms with van der Waals surface area (Å²) in [5.41, 5.74) is 0. The molecule has 1 saturated heterocycles. The molecule has 1 atom stereocenters. The van der Waals surface area contributed by atoms with Crippen LogP contribution in [-0.4, -0.2) is 45.2 Å². The molecule has 8 heteroatoms. The van der Waals surface area contributed by atoms with Gasteiger partial charge in [0.2, 0.25) is 10.0 Å². The van der Waals surface area contributed by atoms with E-state index in [1.54, 1.807) is 18.2 Å². The summed E-state index contributed by atoms with van der Waals surface area (Å²) in [7, 11) is -6.89. The molecule has 22 heavy (non-hydrogen) atoms. The van der Waals surface area contributed by atoms with E-state index < -0.39 is 25.9 Å². The van der Waals surface area contributed by atoms with Crippen molar-refractivity contribution in [2.75, 3.05) is 18.1 Å². The summed E-state index contributed by atoms with van der Waals surface area (Å²) in [4.78, 5) is 0.181. The molecule has 1 heterocycles. The van der Waals surface area contributed by atoms with Crippen LogP contribution in [0, 0.1) is 5.92 Å². The van der Waals surface area contributed by atoms with Gasteiger partial charge in [-0.3, -0.25) is 0 Å². The van der Waals surface area contributed by atoms with Crippen molar-refractivity contribution in [3.8, 4) is 0 Å². The largest absolute Gasteiger partial charge is 0.244 e. The lowest BCUT2D eigenvalue weighted by Gasteiger charge is -2.29. The zero-order valence-electron chi connectivity index (χ0n) is 12.6. The third kappa shape index (κ3) is 3.90. The predicted octanol–water partition coefficient (Wildman–Crippen LogP) is 2.28. The van der Waals surface area contributed by atoms with E-state index in [-0.39, 0.29) is 22.3 Å². The summed E-state index contributed by atoms with van der Waals surface area (Å²) in [6.07, 6.45) is 0.360. The molecule has 0 radical (unpaired) electrons. The lowest BCUT2D eigenvalue weighted by molar-refractivity contribution is 0.307. The van der Waals surface area contributed by atoms with Gasteiger partial charge in [-0.15, -0.1) is 0 Å². The number of hydrogen-bond donors (Lipinski definition) is 0. The maximum atomic E-state index is 13.0. The van der Waals surface area contributed by atoms with Crippen molar-refractivity contribution in [2.24, 2.45) is 5.92 Å². The molecule has 124 valence electrons. The lowest BCUT2D eigenvalue weighted by atomic mass is 10.2. The zero-order valence-corrected chi connectivity index (χ0v) is 15.8. The standard InChI is InChI=1S/C14H20BrNO4S2/c1-11(2)9-16(12-7-8-21(17,18)10-12)22(19,20)14-6-4-3-5-13(14)15/h3-6,11-12H,7-10H2,1-2H3/t12-/m1/s1. The highest BCUT2D eigenvalue weighted by Crippen LogP contribution is 2.29. The molecule has 0 aliphatic carbocycles. The van der Waals surface area contributed by atoms with Crippen molar-refractivity contribution in [2.45, 2.75) is 31.2 Å². The van der Waals surface area contributed by atoms with Crippen LogP contribution in [-0.2, 0) is 19.9 Å². The van der Waals surface area contributed by atoms with Gasteiger partial charge in [-0.05, 0) is 40.4 Å². The smallest absolute Gasteiger partial charge is 0.229 e. The Balaban J connectivity index is 2.43. The summed E-state index contributed by atoms with van der Waals surface area (Å²) in [6.45, 7) is 4.15. The summed E-state index contributed by atoms with van der Waals surface area (Å²) in [6, 6.07) is 6.14. The van der Waals surface area contributed by atoms with E-state index in [1.165, 1.54) is 10.4 Å². The van der Waals surface area contributed by atoms with Crippen LogP contribution in [0.2, 0.25) is 0 Å². The molecule has 1 aliphatic heterocycles. The van der Waals surface area contributed by atoms with Crippen molar-refractivity contribution in [1.82, 2.24) is 4.31 Å². The van der Waals surface area contributed by atoms with Gasteiger partial charge < -0.3 is 0 Å². The van der Waals surface area contributed by atoms with Crippen molar-refractivity contribution >= 4 is 35.8 Å². The van der Waals surface area contributed by atoms with Crippen molar-refractivity contribution in [1.29, 1.82) is 0 Å². The average Bonchev–Trinajstić information content (AvgIpc) is 2.76. The Labute approximate surface area is 140 Å². The Morgan fingerprint density at radius 2 is 1.95 bits per heavy atom. The van der Waals surface area contributed by atoms with Gasteiger partial charge in [0.05, 0.1) is 16.4 Å². The Kier molecular flexibility index (Phi) is 5.36. The molecule has 0 bridgehead atoms. The van der Waals surface area contributed by atoms with E-state index in [0.717, 1.165) is 0 Å². The van der Waals surface area contributed by atoms with Crippen LogP contribution in [0.15, 0.2) is 33.6 Å². The molecule has 0 spiro atoms. The van der Waals surface area contributed by atoms with E-state index in [9.17, 15) is 16.8 Å². The Morgan fingerprint density at radius 1 is 1.32 bits per heavy atom. The van der Waals surface area contributed by atoms with Crippen LogP contribution < -0.4 is 0 Å². The van der Waals surface area contributed by atoms with Crippen LogP contribution in [0.1, 0.15) is 20.3 Å². The van der Waals surface area contributed by atoms with Crippen LogP contribution >= 0.6 is 15.9 Å². The highest BCUT2D eigenvalue weighted by Gasteiger charge is 2.39. The monoisotopic (exact) mass is 409 g/mol. The van der Waals surface area contributed by atoms with Crippen molar-refractivity contribution in [3.05, 3.63) is 28.7 Å². The molecule has 1 aromatic carbocycles. The topological polar surface area (TPSA) is 71.5 Å². The average molecular weight is 410 g/mol. The second-order valence-corrected chi connectivity index (χ2v) is 10.9. The first-order valence-electron chi connectivity index (χ1n) is 7.10. The summed E-state index contributed by atoms with van der Waals surface area (Å²) < 4.78 is 51.3. The van der Waals surface area contributed by atoms with Crippen LogP contribution in [0.25, 0.3) is 0 Å². The molecule has 0 N–H and O–H groups in total.